The first-order valence-electron chi connectivity index (χ1n) is 11.0. The molecule has 0 aliphatic rings. The molecule has 7 N–H and O–H groups in total. The van der Waals surface area contributed by atoms with Gasteiger partial charge in [0.05, 0.1) is 12.4 Å². The Bertz CT molecular complexity index is 788. The number of imidazole rings is 1. The number of H-pyrrole nitrogens is 1. The van der Waals surface area contributed by atoms with Gasteiger partial charge in [-0.1, -0.05) is 34.1 Å². The number of thiol groups is 1. The Morgan fingerprint density at radius 1 is 1.09 bits per heavy atom. The van der Waals surface area contributed by atoms with E-state index in [0.717, 1.165) is 0 Å². The maximum absolute atomic E-state index is 13.1. The van der Waals surface area contributed by atoms with Crippen molar-refractivity contribution in [1.82, 2.24) is 25.9 Å². The van der Waals surface area contributed by atoms with Crippen molar-refractivity contribution in [2.24, 2.45) is 17.6 Å². The molecular weight excluding hydrogens is 448 g/mol. The normalized spacial score (nSPS) is 15.7. The Balaban J connectivity index is 2.93. The second-order valence-corrected chi connectivity index (χ2v) is 8.90. The van der Waals surface area contributed by atoms with Crippen LogP contribution >= 0.6 is 12.6 Å². The van der Waals surface area contributed by atoms with Gasteiger partial charge in [-0.2, -0.15) is 12.6 Å². The molecular formula is C21H36N6O5S. The van der Waals surface area contributed by atoms with E-state index < -0.39 is 47.9 Å². The average molecular weight is 485 g/mol. The molecule has 0 saturated heterocycles. The third kappa shape index (κ3) is 9.42. The first kappa shape index (κ1) is 28.4. The number of carbonyl (C=O) groups excluding carboxylic acids is 3. The van der Waals surface area contributed by atoms with Gasteiger partial charge in [-0.05, 0) is 18.3 Å². The van der Waals surface area contributed by atoms with Gasteiger partial charge < -0.3 is 31.8 Å². The van der Waals surface area contributed by atoms with Gasteiger partial charge in [0.25, 0.3) is 0 Å². The van der Waals surface area contributed by atoms with Crippen LogP contribution in [0.2, 0.25) is 0 Å². The smallest absolute Gasteiger partial charge is 0.327 e. The number of carboxylic acids is 1. The predicted molar refractivity (Wildman–Crippen MR) is 126 cm³/mol. The Hall–Kier alpha value is -2.60. The van der Waals surface area contributed by atoms with Crippen LogP contribution in [-0.2, 0) is 25.6 Å². The maximum atomic E-state index is 13.1. The van der Waals surface area contributed by atoms with Gasteiger partial charge in [-0.3, -0.25) is 14.4 Å². The number of nitrogens with one attached hydrogen (secondary N) is 4. The van der Waals surface area contributed by atoms with E-state index in [0.29, 0.717) is 12.1 Å². The monoisotopic (exact) mass is 484 g/mol. The molecule has 1 heterocycles. The molecule has 0 aliphatic carbocycles. The SMILES string of the molecule is CCC(C)C(NC(=O)C(N)Cc1cnc[nH]1)C(=O)NC(CC(C)C)C(=O)NC(CS)C(=O)O. The van der Waals surface area contributed by atoms with Crippen LogP contribution in [-0.4, -0.2) is 68.7 Å². The molecule has 0 spiro atoms. The summed E-state index contributed by atoms with van der Waals surface area (Å²) in [5, 5.41) is 17.0. The lowest BCUT2D eigenvalue weighted by Crippen LogP contribution is -2.59. The van der Waals surface area contributed by atoms with E-state index >= 15 is 0 Å². The van der Waals surface area contributed by atoms with Crippen LogP contribution in [0.5, 0.6) is 0 Å². The van der Waals surface area contributed by atoms with Crippen LogP contribution in [0.15, 0.2) is 12.5 Å². The van der Waals surface area contributed by atoms with Gasteiger partial charge in [0.2, 0.25) is 17.7 Å². The highest BCUT2D eigenvalue weighted by atomic mass is 32.1. The fourth-order valence-electron chi connectivity index (χ4n) is 3.11. The highest BCUT2D eigenvalue weighted by Crippen LogP contribution is 2.12. The van der Waals surface area contributed by atoms with Gasteiger partial charge >= 0.3 is 5.97 Å². The molecule has 0 aliphatic heterocycles. The summed E-state index contributed by atoms with van der Waals surface area (Å²) in [5.41, 5.74) is 6.68. The molecule has 3 amide bonds. The average Bonchev–Trinajstić information content (AvgIpc) is 3.26. The minimum absolute atomic E-state index is 0.0415. The van der Waals surface area contributed by atoms with Crippen LogP contribution < -0.4 is 21.7 Å². The second-order valence-electron chi connectivity index (χ2n) is 8.53. The summed E-state index contributed by atoms with van der Waals surface area (Å²) >= 11 is 3.95. The summed E-state index contributed by atoms with van der Waals surface area (Å²) in [4.78, 5) is 56.5. The molecule has 12 heteroatoms. The number of nitrogens with zero attached hydrogens (tertiary/aromatic N) is 1. The van der Waals surface area contributed by atoms with Crippen molar-refractivity contribution in [2.75, 3.05) is 5.75 Å². The Labute approximate surface area is 199 Å². The summed E-state index contributed by atoms with van der Waals surface area (Å²) < 4.78 is 0. The fourth-order valence-corrected chi connectivity index (χ4v) is 3.36. The highest BCUT2D eigenvalue weighted by molar-refractivity contribution is 7.80. The number of rotatable bonds is 14. The Morgan fingerprint density at radius 3 is 2.21 bits per heavy atom. The van der Waals surface area contributed by atoms with Gasteiger partial charge in [0.1, 0.15) is 18.1 Å². The topological polar surface area (TPSA) is 179 Å². The molecule has 5 atom stereocenters. The van der Waals surface area contributed by atoms with Crippen LogP contribution in [0.1, 0.15) is 46.2 Å². The van der Waals surface area contributed by atoms with E-state index in [9.17, 15) is 24.3 Å². The second kappa shape index (κ2) is 13.8. The predicted octanol–water partition coefficient (Wildman–Crippen LogP) is -0.159. The highest BCUT2D eigenvalue weighted by Gasteiger charge is 2.32. The minimum atomic E-state index is -1.22. The van der Waals surface area contributed by atoms with Gasteiger partial charge in [0, 0.05) is 24.1 Å². The molecule has 33 heavy (non-hydrogen) atoms. The lowest BCUT2D eigenvalue weighted by molar-refractivity contribution is -0.141. The largest absolute Gasteiger partial charge is 0.480 e. The molecule has 0 saturated carbocycles. The number of carboxylic acid groups (broad SMARTS) is 1. The zero-order chi connectivity index (χ0) is 25.1. The summed E-state index contributed by atoms with van der Waals surface area (Å²) in [5.74, 6) is -3.17. The number of aliphatic carboxylic acids is 1. The molecule has 0 fully saturated rings. The van der Waals surface area contributed by atoms with E-state index in [4.69, 9.17) is 5.73 Å². The summed E-state index contributed by atoms with van der Waals surface area (Å²) in [6.45, 7) is 7.44. The van der Waals surface area contributed by atoms with E-state index in [1.54, 1.807) is 6.20 Å². The van der Waals surface area contributed by atoms with E-state index in [1.807, 2.05) is 27.7 Å². The number of hydrogen-bond donors (Lipinski definition) is 7. The lowest BCUT2D eigenvalue weighted by Gasteiger charge is -2.28. The van der Waals surface area contributed by atoms with Crippen molar-refractivity contribution < 1.29 is 24.3 Å². The molecule has 1 aromatic heterocycles. The van der Waals surface area contributed by atoms with Crippen molar-refractivity contribution in [3.05, 3.63) is 18.2 Å². The number of nitrogens with two attached hydrogens (primary N) is 1. The standard InChI is InChI=1S/C21H36N6O5S/c1-5-12(4)17(27-18(28)14(22)7-13-8-23-10-24-13)20(30)25-15(6-11(2)3)19(29)26-16(9-33)21(31)32/h8,10-12,14-17,33H,5-7,9,22H2,1-4H3,(H,23,24)(H,25,30)(H,26,29)(H,27,28)(H,31,32). The molecule has 0 radical (unpaired) electrons. The lowest BCUT2D eigenvalue weighted by atomic mass is 9.96. The zero-order valence-electron chi connectivity index (χ0n) is 19.5. The van der Waals surface area contributed by atoms with Gasteiger partial charge in [-0.25, -0.2) is 9.78 Å². The number of hydrogen-bond acceptors (Lipinski definition) is 7. The van der Waals surface area contributed by atoms with Crippen molar-refractivity contribution in [3.63, 3.8) is 0 Å². The molecule has 0 aromatic carbocycles. The van der Waals surface area contributed by atoms with Crippen LogP contribution in [0.4, 0.5) is 0 Å². The van der Waals surface area contributed by atoms with Crippen molar-refractivity contribution in [3.8, 4) is 0 Å². The van der Waals surface area contributed by atoms with E-state index in [2.05, 4.69) is 38.5 Å². The van der Waals surface area contributed by atoms with Crippen LogP contribution in [0.25, 0.3) is 0 Å². The summed E-state index contributed by atoms with van der Waals surface area (Å²) in [7, 11) is 0. The third-order valence-electron chi connectivity index (χ3n) is 5.26. The number of aromatic amines is 1. The zero-order valence-corrected chi connectivity index (χ0v) is 20.4. The molecule has 0 bridgehead atoms. The van der Waals surface area contributed by atoms with Gasteiger partial charge in [0.15, 0.2) is 0 Å². The Morgan fingerprint density at radius 2 is 1.73 bits per heavy atom. The molecule has 1 aromatic rings. The molecule has 11 nitrogen and oxygen atoms in total. The maximum Gasteiger partial charge on any atom is 0.327 e. The third-order valence-corrected chi connectivity index (χ3v) is 5.63. The molecule has 5 unspecified atom stereocenters. The quantitative estimate of drug-likeness (QED) is 0.179. The Kier molecular flexibility index (Phi) is 11.9. The van der Waals surface area contributed by atoms with Crippen LogP contribution in [0, 0.1) is 11.8 Å². The number of aromatic nitrogens is 2. The first-order valence-corrected chi connectivity index (χ1v) is 11.6. The van der Waals surface area contributed by atoms with Gasteiger partial charge in [-0.15, -0.1) is 0 Å². The molecule has 186 valence electrons. The van der Waals surface area contributed by atoms with E-state index in [-0.39, 0.29) is 30.4 Å². The van der Waals surface area contributed by atoms with Crippen LogP contribution in [0.3, 0.4) is 0 Å². The fraction of sp³-hybridized carbons (Fsp3) is 0.667. The number of carbonyl (C=O) groups is 4. The van der Waals surface area contributed by atoms with Crippen molar-refractivity contribution >= 4 is 36.3 Å². The first-order chi connectivity index (χ1) is 15.5. The number of amides is 3. The molecule has 1 rings (SSSR count). The van der Waals surface area contributed by atoms with E-state index in [1.165, 1.54) is 6.33 Å². The summed E-state index contributed by atoms with van der Waals surface area (Å²) in [6, 6.07) is -3.97. The van der Waals surface area contributed by atoms with Crippen molar-refractivity contribution in [1.29, 1.82) is 0 Å². The van der Waals surface area contributed by atoms with Crippen molar-refractivity contribution in [2.45, 2.75) is 71.1 Å². The minimum Gasteiger partial charge on any atom is -0.480 e. The summed E-state index contributed by atoms with van der Waals surface area (Å²) in [6.07, 6.45) is 4.15.